The molecule has 1 aliphatic rings. The van der Waals surface area contributed by atoms with Crippen molar-refractivity contribution in [3.8, 4) is 23.0 Å². The second kappa shape index (κ2) is 5.58. The highest BCUT2D eigenvalue weighted by Gasteiger charge is 2.45. The summed E-state index contributed by atoms with van der Waals surface area (Å²) < 4.78 is 12.0. The molecule has 0 saturated heterocycles. The summed E-state index contributed by atoms with van der Waals surface area (Å²) >= 11 is 0. The zero-order valence-electron chi connectivity index (χ0n) is 15.7. The van der Waals surface area contributed by atoms with E-state index in [9.17, 15) is 10.2 Å². The van der Waals surface area contributed by atoms with Crippen molar-refractivity contribution in [3.05, 3.63) is 46.5 Å². The number of aryl methyl sites for hydroxylation is 2. The molecule has 0 fully saturated rings. The molecule has 2 aromatic carbocycles. The Bertz CT molecular complexity index is 838. The molecule has 3 rings (SSSR count). The van der Waals surface area contributed by atoms with Gasteiger partial charge in [-0.05, 0) is 61.6 Å². The van der Waals surface area contributed by atoms with Gasteiger partial charge in [-0.25, -0.2) is 0 Å². The minimum absolute atomic E-state index is 0.209. The normalized spacial score (nSPS) is 21.4. The molecule has 0 radical (unpaired) electrons. The van der Waals surface area contributed by atoms with Crippen LogP contribution in [0.4, 0.5) is 0 Å². The molecule has 1 aliphatic heterocycles. The van der Waals surface area contributed by atoms with Crippen LogP contribution in [-0.4, -0.2) is 17.3 Å². The lowest BCUT2D eigenvalue weighted by Crippen LogP contribution is -2.41. The molecule has 0 bridgehead atoms. The maximum Gasteiger partial charge on any atom is 0.136 e. The van der Waals surface area contributed by atoms with Gasteiger partial charge in [0.1, 0.15) is 28.6 Å². The van der Waals surface area contributed by atoms with E-state index in [4.69, 9.17) is 9.47 Å². The van der Waals surface area contributed by atoms with Gasteiger partial charge in [0.05, 0.1) is 7.11 Å². The molecule has 1 heterocycles. The number of phenols is 2. The molecule has 0 saturated carbocycles. The van der Waals surface area contributed by atoms with Gasteiger partial charge in [-0.1, -0.05) is 13.8 Å². The predicted octanol–water partition coefficient (Wildman–Crippen LogP) is 4.70. The topological polar surface area (TPSA) is 58.9 Å². The number of rotatable bonds is 2. The van der Waals surface area contributed by atoms with Crippen molar-refractivity contribution >= 4 is 0 Å². The van der Waals surface area contributed by atoms with E-state index in [2.05, 4.69) is 13.8 Å². The smallest absolute Gasteiger partial charge is 0.136 e. The molecule has 25 heavy (non-hydrogen) atoms. The third-order valence-electron chi connectivity index (χ3n) is 5.23. The van der Waals surface area contributed by atoms with Gasteiger partial charge in [0.2, 0.25) is 0 Å². The third kappa shape index (κ3) is 2.80. The SMILES string of the molecule is COc1cc(C)c(O)cc1C1(C)CC(C)(C)c2cc(O)c(C)cc2O1. The highest BCUT2D eigenvalue weighted by atomic mass is 16.5. The Morgan fingerprint density at radius 1 is 0.920 bits per heavy atom. The van der Waals surface area contributed by atoms with E-state index in [1.807, 2.05) is 32.9 Å². The Balaban J connectivity index is 2.18. The number of methoxy groups -OCH3 is 1. The number of benzene rings is 2. The molecule has 1 atom stereocenters. The molecule has 1 unspecified atom stereocenters. The van der Waals surface area contributed by atoms with E-state index in [0.29, 0.717) is 12.2 Å². The highest BCUT2D eigenvalue weighted by molar-refractivity contribution is 5.53. The van der Waals surface area contributed by atoms with Crippen molar-refractivity contribution in [2.75, 3.05) is 7.11 Å². The highest BCUT2D eigenvalue weighted by Crippen LogP contribution is 2.52. The summed E-state index contributed by atoms with van der Waals surface area (Å²) in [4.78, 5) is 0. The Morgan fingerprint density at radius 2 is 1.48 bits per heavy atom. The standard InChI is InChI=1S/C21H26O4/c1-12-7-18(24-6)15(10-17(12)23)21(5)11-20(3,4)14-9-16(22)13(2)8-19(14)25-21/h7-10,22-23H,11H2,1-6H3. The monoisotopic (exact) mass is 342 g/mol. The zero-order chi connectivity index (χ0) is 18.6. The molecule has 134 valence electrons. The minimum Gasteiger partial charge on any atom is -0.508 e. The van der Waals surface area contributed by atoms with E-state index < -0.39 is 5.60 Å². The first kappa shape index (κ1) is 17.5. The lowest BCUT2D eigenvalue weighted by Gasteiger charge is -2.45. The van der Waals surface area contributed by atoms with Crippen molar-refractivity contribution in [1.82, 2.24) is 0 Å². The van der Waals surface area contributed by atoms with E-state index in [1.54, 1.807) is 19.2 Å². The Kier molecular flexibility index (Phi) is 3.90. The summed E-state index contributed by atoms with van der Waals surface area (Å²) in [5.41, 5.74) is 2.49. The molecule has 0 amide bonds. The molecule has 4 heteroatoms. The number of hydrogen-bond acceptors (Lipinski definition) is 4. The van der Waals surface area contributed by atoms with Crippen LogP contribution >= 0.6 is 0 Å². The summed E-state index contributed by atoms with van der Waals surface area (Å²) in [5.74, 6) is 1.97. The number of hydrogen-bond donors (Lipinski definition) is 2. The first-order chi connectivity index (χ1) is 11.6. The predicted molar refractivity (Wildman–Crippen MR) is 97.9 cm³/mol. The van der Waals surface area contributed by atoms with Crippen molar-refractivity contribution in [1.29, 1.82) is 0 Å². The Hall–Kier alpha value is -2.36. The van der Waals surface area contributed by atoms with Crippen LogP contribution in [0.5, 0.6) is 23.0 Å². The van der Waals surface area contributed by atoms with Crippen molar-refractivity contribution in [2.24, 2.45) is 0 Å². The van der Waals surface area contributed by atoms with Gasteiger partial charge in [0.25, 0.3) is 0 Å². The van der Waals surface area contributed by atoms with E-state index in [1.165, 1.54) is 0 Å². The Morgan fingerprint density at radius 3 is 2.08 bits per heavy atom. The van der Waals surface area contributed by atoms with Crippen molar-refractivity contribution < 1.29 is 19.7 Å². The van der Waals surface area contributed by atoms with Gasteiger partial charge in [-0.15, -0.1) is 0 Å². The van der Waals surface area contributed by atoms with Crippen LogP contribution in [0.3, 0.4) is 0 Å². The van der Waals surface area contributed by atoms with Gasteiger partial charge in [-0.3, -0.25) is 0 Å². The van der Waals surface area contributed by atoms with E-state index >= 15 is 0 Å². The summed E-state index contributed by atoms with van der Waals surface area (Å²) in [6.45, 7) is 10.0. The lowest BCUT2D eigenvalue weighted by molar-refractivity contribution is 0.0299. The van der Waals surface area contributed by atoms with Gasteiger partial charge in [0.15, 0.2) is 0 Å². The van der Waals surface area contributed by atoms with Crippen LogP contribution < -0.4 is 9.47 Å². The van der Waals surface area contributed by atoms with Gasteiger partial charge >= 0.3 is 0 Å². The van der Waals surface area contributed by atoms with Crippen LogP contribution in [0.25, 0.3) is 0 Å². The quantitative estimate of drug-likeness (QED) is 0.830. The van der Waals surface area contributed by atoms with Gasteiger partial charge < -0.3 is 19.7 Å². The molecule has 2 aromatic rings. The molecular formula is C21H26O4. The molecular weight excluding hydrogens is 316 g/mol. The summed E-state index contributed by atoms with van der Waals surface area (Å²) in [7, 11) is 1.63. The largest absolute Gasteiger partial charge is 0.508 e. The lowest BCUT2D eigenvalue weighted by atomic mass is 9.70. The molecule has 2 N–H and O–H groups in total. The van der Waals surface area contributed by atoms with Gasteiger partial charge in [0, 0.05) is 17.5 Å². The summed E-state index contributed by atoms with van der Waals surface area (Å²) in [6.07, 6.45) is 0.689. The van der Waals surface area contributed by atoms with Crippen LogP contribution in [0, 0.1) is 13.8 Å². The first-order valence-corrected chi connectivity index (χ1v) is 8.48. The maximum atomic E-state index is 10.2. The number of fused-ring (bicyclic) bond motifs is 1. The van der Waals surface area contributed by atoms with Crippen LogP contribution in [-0.2, 0) is 11.0 Å². The zero-order valence-corrected chi connectivity index (χ0v) is 15.7. The molecule has 0 spiro atoms. The second-order valence-electron chi connectivity index (χ2n) is 7.87. The maximum absolute atomic E-state index is 10.2. The summed E-state index contributed by atoms with van der Waals surface area (Å²) in [6, 6.07) is 7.25. The number of aromatic hydroxyl groups is 2. The third-order valence-corrected chi connectivity index (χ3v) is 5.23. The fourth-order valence-electron chi connectivity index (χ4n) is 3.90. The summed E-state index contributed by atoms with van der Waals surface area (Å²) in [5, 5.41) is 20.3. The van der Waals surface area contributed by atoms with Gasteiger partial charge in [-0.2, -0.15) is 0 Å². The van der Waals surface area contributed by atoms with Crippen LogP contribution in [0.15, 0.2) is 24.3 Å². The van der Waals surface area contributed by atoms with Crippen LogP contribution in [0.2, 0.25) is 0 Å². The Labute approximate surface area is 149 Å². The van der Waals surface area contributed by atoms with E-state index in [-0.39, 0.29) is 16.9 Å². The molecule has 0 aliphatic carbocycles. The minimum atomic E-state index is -0.656. The fourth-order valence-corrected chi connectivity index (χ4v) is 3.90. The van der Waals surface area contributed by atoms with Crippen LogP contribution in [0.1, 0.15) is 49.4 Å². The average Bonchev–Trinajstić information content (AvgIpc) is 2.51. The second-order valence-corrected chi connectivity index (χ2v) is 7.87. The van der Waals surface area contributed by atoms with Crippen molar-refractivity contribution in [3.63, 3.8) is 0 Å². The number of phenolic OH excluding ortho intramolecular Hbond substituents is 2. The average molecular weight is 342 g/mol. The van der Waals surface area contributed by atoms with E-state index in [0.717, 1.165) is 28.0 Å². The first-order valence-electron chi connectivity index (χ1n) is 8.48. The number of ether oxygens (including phenoxy) is 2. The molecule has 4 nitrogen and oxygen atoms in total. The molecule has 0 aromatic heterocycles. The fraction of sp³-hybridized carbons (Fsp3) is 0.429. The van der Waals surface area contributed by atoms with Crippen molar-refractivity contribution in [2.45, 2.75) is 52.1 Å².